The molecule has 0 N–H and O–H groups in total. The third-order valence-electron chi connectivity index (χ3n) is 6.24. The SMILES string of the molecule is Clc1nc(COc2ccc(C=Nc3ccc(Oc4ccccc4)cc3)cc2)nc2sc3c(c12)CCCC3. The van der Waals surface area contributed by atoms with E-state index in [0.29, 0.717) is 11.0 Å². The Labute approximate surface area is 224 Å². The molecule has 2 heterocycles. The molecule has 5 nitrogen and oxygen atoms in total. The molecular formula is C30H24ClN3O2S. The fraction of sp³-hybridized carbons (Fsp3) is 0.167. The van der Waals surface area contributed by atoms with Gasteiger partial charge >= 0.3 is 0 Å². The molecule has 37 heavy (non-hydrogen) atoms. The minimum Gasteiger partial charge on any atom is -0.486 e. The van der Waals surface area contributed by atoms with Gasteiger partial charge in [0.2, 0.25) is 0 Å². The molecule has 2 aromatic heterocycles. The molecule has 0 atom stereocenters. The molecule has 1 aliphatic carbocycles. The number of ether oxygens (including phenoxy) is 2. The van der Waals surface area contributed by atoms with Gasteiger partial charge in [0.25, 0.3) is 0 Å². The second kappa shape index (κ2) is 10.7. The normalized spacial score (nSPS) is 13.1. The van der Waals surface area contributed by atoms with Crippen molar-refractivity contribution in [2.75, 3.05) is 0 Å². The van der Waals surface area contributed by atoms with E-state index in [2.05, 4.69) is 9.98 Å². The van der Waals surface area contributed by atoms with Crippen LogP contribution in [-0.4, -0.2) is 16.2 Å². The van der Waals surface area contributed by atoms with E-state index in [1.165, 1.54) is 23.3 Å². The molecule has 6 rings (SSSR count). The van der Waals surface area contributed by atoms with Crippen LogP contribution in [0, 0.1) is 0 Å². The van der Waals surface area contributed by atoms with Crippen LogP contribution in [0.1, 0.15) is 34.7 Å². The molecule has 5 aromatic rings. The molecule has 7 heteroatoms. The van der Waals surface area contributed by atoms with Crippen molar-refractivity contribution in [2.24, 2.45) is 4.99 Å². The number of halogens is 1. The van der Waals surface area contributed by atoms with E-state index >= 15 is 0 Å². The molecule has 0 saturated heterocycles. The first-order valence-corrected chi connectivity index (χ1v) is 13.5. The predicted molar refractivity (Wildman–Crippen MR) is 150 cm³/mol. The van der Waals surface area contributed by atoms with Crippen molar-refractivity contribution in [1.29, 1.82) is 0 Å². The minimum atomic E-state index is 0.267. The van der Waals surface area contributed by atoms with Gasteiger partial charge in [-0.15, -0.1) is 11.3 Å². The van der Waals surface area contributed by atoms with Crippen LogP contribution in [0.2, 0.25) is 5.15 Å². The number of para-hydroxylation sites is 1. The van der Waals surface area contributed by atoms with Gasteiger partial charge in [-0.05, 0) is 97.5 Å². The molecule has 0 bridgehead atoms. The molecule has 1 aliphatic rings. The Morgan fingerprint density at radius 3 is 2.38 bits per heavy atom. The number of fused-ring (bicyclic) bond motifs is 3. The number of aryl methyl sites for hydroxylation is 2. The van der Waals surface area contributed by atoms with E-state index in [9.17, 15) is 0 Å². The zero-order chi connectivity index (χ0) is 25.0. The minimum absolute atomic E-state index is 0.267. The highest BCUT2D eigenvalue weighted by Gasteiger charge is 2.20. The van der Waals surface area contributed by atoms with E-state index in [1.807, 2.05) is 85.1 Å². The number of hydrogen-bond donors (Lipinski definition) is 0. The third-order valence-corrected chi connectivity index (χ3v) is 7.70. The zero-order valence-electron chi connectivity index (χ0n) is 20.1. The van der Waals surface area contributed by atoms with Crippen molar-refractivity contribution in [2.45, 2.75) is 32.3 Å². The van der Waals surface area contributed by atoms with Crippen molar-refractivity contribution in [3.05, 3.63) is 106 Å². The highest BCUT2D eigenvalue weighted by molar-refractivity contribution is 7.19. The first-order chi connectivity index (χ1) is 18.2. The Morgan fingerprint density at radius 2 is 1.57 bits per heavy atom. The van der Waals surface area contributed by atoms with E-state index in [1.54, 1.807) is 11.3 Å². The molecular weight excluding hydrogens is 502 g/mol. The lowest BCUT2D eigenvalue weighted by atomic mass is 9.97. The highest BCUT2D eigenvalue weighted by atomic mass is 35.5. The second-order valence-electron chi connectivity index (χ2n) is 8.85. The van der Waals surface area contributed by atoms with Gasteiger partial charge in [0.1, 0.15) is 33.8 Å². The molecule has 0 aliphatic heterocycles. The molecule has 0 spiro atoms. The first-order valence-electron chi connectivity index (χ1n) is 12.3. The summed E-state index contributed by atoms with van der Waals surface area (Å²) in [5.41, 5.74) is 3.17. The summed E-state index contributed by atoms with van der Waals surface area (Å²) in [7, 11) is 0. The third kappa shape index (κ3) is 5.50. The predicted octanol–water partition coefficient (Wildman–Crippen LogP) is 8.35. The summed E-state index contributed by atoms with van der Waals surface area (Å²) in [6, 6.07) is 25.2. The molecule has 0 fully saturated rings. The summed E-state index contributed by atoms with van der Waals surface area (Å²) in [4.78, 5) is 16.2. The summed E-state index contributed by atoms with van der Waals surface area (Å²) in [5, 5.41) is 1.57. The summed E-state index contributed by atoms with van der Waals surface area (Å²) >= 11 is 8.30. The van der Waals surface area contributed by atoms with Gasteiger partial charge in [-0.25, -0.2) is 9.97 Å². The maximum Gasteiger partial charge on any atom is 0.169 e. The number of aliphatic imine (C=N–C) groups is 1. The van der Waals surface area contributed by atoms with Gasteiger partial charge in [0.05, 0.1) is 11.1 Å². The molecule has 184 valence electrons. The Balaban J connectivity index is 1.07. The topological polar surface area (TPSA) is 56.6 Å². The zero-order valence-corrected chi connectivity index (χ0v) is 21.6. The van der Waals surface area contributed by atoms with E-state index < -0.39 is 0 Å². The van der Waals surface area contributed by atoms with Gasteiger partial charge < -0.3 is 9.47 Å². The highest BCUT2D eigenvalue weighted by Crippen LogP contribution is 2.38. The van der Waals surface area contributed by atoms with Gasteiger partial charge in [0.15, 0.2) is 5.82 Å². The van der Waals surface area contributed by atoms with Crippen molar-refractivity contribution in [3.63, 3.8) is 0 Å². The smallest absolute Gasteiger partial charge is 0.169 e. The maximum atomic E-state index is 6.55. The number of aromatic nitrogens is 2. The molecule has 0 radical (unpaired) electrons. The lowest BCUT2D eigenvalue weighted by Gasteiger charge is -2.10. The van der Waals surface area contributed by atoms with Crippen LogP contribution in [0.4, 0.5) is 5.69 Å². The van der Waals surface area contributed by atoms with Gasteiger partial charge in [0, 0.05) is 11.1 Å². The van der Waals surface area contributed by atoms with E-state index in [-0.39, 0.29) is 6.61 Å². The maximum absolute atomic E-state index is 6.55. The second-order valence-corrected chi connectivity index (χ2v) is 10.3. The fourth-order valence-corrected chi connectivity index (χ4v) is 6.03. The van der Waals surface area contributed by atoms with Crippen LogP contribution in [0.5, 0.6) is 17.2 Å². The molecule has 3 aromatic carbocycles. The number of nitrogens with zero attached hydrogens (tertiary/aromatic N) is 3. The van der Waals surface area contributed by atoms with Crippen LogP contribution in [0.3, 0.4) is 0 Å². The van der Waals surface area contributed by atoms with E-state index in [0.717, 1.165) is 51.6 Å². The summed E-state index contributed by atoms with van der Waals surface area (Å²) < 4.78 is 11.8. The number of rotatable bonds is 7. The van der Waals surface area contributed by atoms with Crippen LogP contribution < -0.4 is 9.47 Å². The fourth-order valence-electron chi connectivity index (χ4n) is 4.39. The number of hydrogen-bond acceptors (Lipinski definition) is 6. The number of thiophene rings is 1. The standard InChI is InChI=1S/C30H24ClN3O2S/c31-29-28-25-8-4-5-9-26(25)37-30(28)34-27(33-29)19-35-22-14-10-20(11-15-22)18-32-21-12-16-24(17-13-21)36-23-6-2-1-3-7-23/h1-3,6-7,10-18H,4-5,8-9,19H2. The Bertz CT molecular complexity index is 1550. The monoisotopic (exact) mass is 525 g/mol. The summed E-state index contributed by atoms with van der Waals surface area (Å²) in [5.74, 6) is 2.92. The van der Waals surface area contributed by atoms with Crippen LogP contribution in [0.25, 0.3) is 10.2 Å². The quantitative estimate of drug-likeness (QED) is 0.158. The Kier molecular flexibility index (Phi) is 6.84. The van der Waals surface area contributed by atoms with Crippen LogP contribution in [0.15, 0.2) is 83.9 Å². The average Bonchev–Trinajstić information content (AvgIpc) is 3.32. The largest absolute Gasteiger partial charge is 0.486 e. The molecule has 0 saturated carbocycles. The van der Waals surface area contributed by atoms with Crippen molar-refractivity contribution in [3.8, 4) is 17.2 Å². The summed E-state index contributed by atoms with van der Waals surface area (Å²) in [6.45, 7) is 0.267. The Morgan fingerprint density at radius 1 is 0.838 bits per heavy atom. The van der Waals surface area contributed by atoms with Crippen LogP contribution in [-0.2, 0) is 19.4 Å². The van der Waals surface area contributed by atoms with Crippen molar-refractivity contribution < 1.29 is 9.47 Å². The van der Waals surface area contributed by atoms with Gasteiger partial charge in [-0.1, -0.05) is 29.8 Å². The number of benzene rings is 3. The van der Waals surface area contributed by atoms with E-state index in [4.69, 9.17) is 26.1 Å². The molecule has 0 unspecified atom stereocenters. The average molecular weight is 526 g/mol. The Hall–Kier alpha value is -3.74. The van der Waals surface area contributed by atoms with Gasteiger partial charge in [-0.3, -0.25) is 4.99 Å². The lowest BCUT2D eigenvalue weighted by molar-refractivity contribution is 0.296. The van der Waals surface area contributed by atoms with Gasteiger partial charge in [-0.2, -0.15) is 0 Å². The van der Waals surface area contributed by atoms with Crippen molar-refractivity contribution in [1.82, 2.24) is 9.97 Å². The first kappa shape index (κ1) is 23.6. The lowest BCUT2D eigenvalue weighted by Crippen LogP contribution is -2.03. The van der Waals surface area contributed by atoms with Crippen LogP contribution >= 0.6 is 22.9 Å². The van der Waals surface area contributed by atoms with Crippen molar-refractivity contribution >= 4 is 45.1 Å². The summed E-state index contributed by atoms with van der Waals surface area (Å²) in [6.07, 6.45) is 6.44. The molecule has 0 amide bonds.